The van der Waals surface area contributed by atoms with E-state index in [1.54, 1.807) is 20.3 Å². The van der Waals surface area contributed by atoms with Gasteiger partial charge in [0, 0.05) is 13.2 Å². The normalized spacial score (nSPS) is 21.6. The highest BCUT2D eigenvalue weighted by Crippen LogP contribution is 2.27. The molecule has 1 aliphatic heterocycles. The molecule has 1 aromatic carbocycles. The number of hydrogen-bond acceptors (Lipinski definition) is 5. The van der Waals surface area contributed by atoms with E-state index in [0.717, 1.165) is 5.56 Å². The van der Waals surface area contributed by atoms with E-state index in [4.69, 9.17) is 19.9 Å². The number of nitrogens with two attached hydrogens (primary N) is 1. The third kappa shape index (κ3) is 3.02. The van der Waals surface area contributed by atoms with E-state index >= 15 is 0 Å². The lowest BCUT2D eigenvalue weighted by Crippen LogP contribution is -2.54. The van der Waals surface area contributed by atoms with Crippen molar-refractivity contribution < 1.29 is 19.0 Å². The number of carbonyl (C=O) groups is 1. The second-order valence-electron chi connectivity index (χ2n) is 4.83. The van der Waals surface area contributed by atoms with Crippen LogP contribution in [0.1, 0.15) is 12.0 Å². The Kier molecular flexibility index (Phi) is 4.46. The summed E-state index contributed by atoms with van der Waals surface area (Å²) in [4.78, 5) is 12.0. The molecular formula is C14H20N2O4. The third-order valence-electron chi connectivity index (χ3n) is 3.41. The molecule has 1 aliphatic rings. The van der Waals surface area contributed by atoms with Crippen molar-refractivity contribution in [2.45, 2.75) is 18.5 Å². The van der Waals surface area contributed by atoms with Gasteiger partial charge in [0.15, 0.2) is 11.5 Å². The van der Waals surface area contributed by atoms with Crippen LogP contribution >= 0.6 is 0 Å². The van der Waals surface area contributed by atoms with Crippen LogP contribution in [-0.4, -0.2) is 38.9 Å². The lowest BCUT2D eigenvalue weighted by molar-refractivity contribution is -0.126. The van der Waals surface area contributed by atoms with Crippen molar-refractivity contribution in [3.8, 4) is 11.5 Å². The average molecular weight is 280 g/mol. The SMILES string of the molecule is COc1ccc(CNC(=O)C2(N)CCOC2)cc1OC. The van der Waals surface area contributed by atoms with Gasteiger partial charge in [-0.05, 0) is 24.1 Å². The Morgan fingerprint density at radius 2 is 2.15 bits per heavy atom. The lowest BCUT2D eigenvalue weighted by atomic mass is 9.99. The first-order valence-corrected chi connectivity index (χ1v) is 6.45. The Balaban J connectivity index is 1.98. The minimum atomic E-state index is -0.906. The summed E-state index contributed by atoms with van der Waals surface area (Å²) in [7, 11) is 3.16. The highest BCUT2D eigenvalue weighted by Gasteiger charge is 2.37. The van der Waals surface area contributed by atoms with Crippen LogP contribution in [0.25, 0.3) is 0 Å². The average Bonchev–Trinajstić information content (AvgIpc) is 2.92. The molecule has 20 heavy (non-hydrogen) atoms. The summed E-state index contributed by atoms with van der Waals surface area (Å²) in [5, 5.41) is 2.83. The van der Waals surface area contributed by atoms with Crippen LogP contribution in [0.15, 0.2) is 18.2 Å². The Bertz CT molecular complexity index is 484. The van der Waals surface area contributed by atoms with Crippen LogP contribution in [0, 0.1) is 0 Å². The first-order chi connectivity index (χ1) is 9.59. The van der Waals surface area contributed by atoms with Crippen LogP contribution in [0.5, 0.6) is 11.5 Å². The molecular weight excluding hydrogens is 260 g/mol. The molecule has 1 heterocycles. The monoisotopic (exact) mass is 280 g/mol. The molecule has 110 valence electrons. The maximum Gasteiger partial charge on any atom is 0.242 e. The zero-order valence-corrected chi connectivity index (χ0v) is 11.8. The van der Waals surface area contributed by atoms with Gasteiger partial charge in [0.05, 0.1) is 20.8 Å². The van der Waals surface area contributed by atoms with Crippen molar-refractivity contribution >= 4 is 5.91 Å². The summed E-state index contributed by atoms with van der Waals surface area (Å²) >= 11 is 0. The molecule has 0 aromatic heterocycles. The van der Waals surface area contributed by atoms with E-state index in [-0.39, 0.29) is 12.5 Å². The van der Waals surface area contributed by atoms with E-state index < -0.39 is 5.54 Å². The van der Waals surface area contributed by atoms with Gasteiger partial charge in [-0.25, -0.2) is 0 Å². The van der Waals surface area contributed by atoms with Gasteiger partial charge in [-0.1, -0.05) is 6.07 Å². The van der Waals surface area contributed by atoms with Crippen molar-refractivity contribution in [3.05, 3.63) is 23.8 Å². The fourth-order valence-electron chi connectivity index (χ4n) is 2.11. The van der Waals surface area contributed by atoms with E-state index in [1.165, 1.54) is 0 Å². The summed E-state index contributed by atoms with van der Waals surface area (Å²) < 4.78 is 15.6. The van der Waals surface area contributed by atoms with E-state index in [9.17, 15) is 4.79 Å². The van der Waals surface area contributed by atoms with Crippen molar-refractivity contribution in [1.82, 2.24) is 5.32 Å². The molecule has 1 fully saturated rings. The molecule has 0 saturated carbocycles. The van der Waals surface area contributed by atoms with Gasteiger partial charge in [-0.15, -0.1) is 0 Å². The smallest absolute Gasteiger partial charge is 0.242 e. The Labute approximate surface area is 118 Å². The number of benzene rings is 1. The number of amides is 1. The van der Waals surface area contributed by atoms with Gasteiger partial charge in [-0.3, -0.25) is 4.79 Å². The van der Waals surface area contributed by atoms with Gasteiger partial charge in [-0.2, -0.15) is 0 Å². The van der Waals surface area contributed by atoms with Crippen molar-refractivity contribution in [2.75, 3.05) is 27.4 Å². The predicted octanol–water partition coefficient (Wildman–Crippen LogP) is 0.438. The van der Waals surface area contributed by atoms with Gasteiger partial charge in [0.25, 0.3) is 0 Å². The number of carbonyl (C=O) groups excluding carboxylic acids is 1. The van der Waals surface area contributed by atoms with Gasteiger partial charge < -0.3 is 25.3 Å². The molecule has 3 N–H and O–H groups in total. The molecule has 6 nitrogen and oxygen atoms in total. The van der Waals surface area contributed by atoms with Crippen LogP contribution < -0.4 is 20.5 Å². The molecule has 1 aromatic rings. The maximum absolute atomic E-state index is 12.0. The topological polar surface area (TPSA) is 82.8 Å². The molecule has 6 heteroatoms. The van der Waals surface area contributed by atoms with Crippen LogP contribution in [0.4, 0.5) is 0 Å². The largest absolute Gasteiger partial charge is 0.493 e. The summed E-state index contributed by atoms with van der Waals surface area (Å²) in [5.74, 6) is 1.10. The van der Waals surface area contributed by atoms with Gasteiger partial charge in [0.2, 0.25) is 5.91 Å². The Morgan fingerprint density at radius 1 is 1.40 bits per heavy atom. The molecule has 2 rings (SSSR count). The van der Waals surface area contributed by atoms with Gasteiger partial charge >= 0.3 is 0 Å². The minimum absolute atomic E-state index is 0.190. The number of hydrogen-bond donors (Lipinski definition) is 2. The zero-order chi connectivity index (χ0) is 14.6. The number of methoxy groups -OCH3 is 2. The van der Waals surface area contributed by atoms with Crippen molar-refractivity contribution in [2.24, 2.45) is 5.73 Å². The van der Waals surface area contributed by atoms with Crippen LogP contribution in [0.2, 0.25) is 0 Å². The maximum atomic E-state index is 12.0. The quantitative estimate of drug-likeness (QED) is 0.817. The standard InChI is InChI=1S/C14H20N2O4/c1-18-11-4-3-10(7-12(11)19-2)8-16-13(17)14(15)5-6-20-9-14/h3-4,7H,5-6,8-9,15H2,1-2H3,(H,16,17). The third-order valence-corrected chi connectivity index (χ3v) is 3.41. The first-order valence-electron chi connectivity index (χ1n) is 6.45. The number of ether oxygens (including phenoxy) is 3. The molecule has 1 unspecified atom stereocenters. The van der Waals surface area contributed by atoms with Crippen molar-refractivity contribution in [1.29, 1.82) is 0 Å². The second kappa shape index (κ2) is 6.11. The minimum Gasteiger partial charge on any atom is -0.493 e. The molecule has 0 bridgehead atoms. The molecule has 0 radical (unpaired) electrons. The Morgan fingerprint density at radius 3 is 2.75 bits per heavy atom. The van der Waals surface area contributed by atoms with E-state index in [2.05, 4.69) is 5.32 Å². The highest BCUT2D eigenvalue weighted by molar-refractivity contribution is 5.86. The lowest BCUT2D eigenvalue weighted by Gasteiger charge is -2.20. The zero-order valence-electron chi connectivity index (χ0n) is 11.8. The van der Waals surface area contributed by atoms with E-state index in [0.29, 0.717) is 31.1 Å². The molecule has 1 saturated heterocycles. The highest BCUT2D eigenvalue weighted by atomic mass is 16.5. The number of rotatable bonds is 5. The molecule has 0 aliphatic carbocycles. The van der Waals surface area contributed by atoms with E-state index in [1.807, 2.05) is 12.1 Å². The predicted molar refractivity (Wildman–Crippen MR) is 73.7 cm³/mol. The fourth-order valence-corrected chi connectivity index (χ4v) is 2.11. The summed E-state index contributed by atoms with van der Waals surface area (Å²) in [6.45, 7) is 1.18. The summed E-state index contributed by atoms with van der Waals surface area (Å²) in [5.41, 5.74) is 6.00. The Hall–Kier alpha value is -1.79. The molecule has 1 atom stereocenters. The van der Waals surface area contributed by atoms with Gasteiger partial charge in [0.1, 0.15) is 5.54 Å². The van der Waals surface area contributed by atoms with Crippen molar-refractivity contribution in [3.63, 3.8) is 0 Å². The second-order valence-corrected chi connectivity index (χ2v) is 4.83. The number of nitrogens with one attached hydrogen (secondary N) is 1. The molecule has 0 spiro atoms. The first kappa shape index (κ1) is 14.6. The fraction of sp³-hybridized carbons (Fsp3) is 0.500. The summed E-state index contributed by atoms with van der Waals surface area (Å²) in [6.07, 6.45) is 0.546. The van der Waals surface area contributed by atoms with Crippen LogP contribution in [0.3, 0.4) is 0 Å². The molecule has 1 amide bonds. The summed E-state index contributed by atoms with van der Waals surface area (Å²) in [6, 6.07) is 5.50. The van der Waals surface area contributed by atoms with Crippen LogP contribution in [-0.2, 0) is 16.1 Å².